The number of carboxylic acids is 1. The Labute approximate surface area is 166 Å². The summed E-state index contributed by atoms with van der Waals surface area (Å²) in [7, 11) is 0. The van der Waals surface area contributed by atoms with Crippen LogP contribution < -0.4 is 0 Å². The van der Waals surface area contributed by atoms with Crippen LogP contribution in [0.3, 0.4) is 0 Å². The molecule has 0 fully saturated rings. The van der Waals surface area contributed by atoms with Crippen LogP contribution in [-0.4, -0.2) is 16.1 Å². The number of pyridine rings is 1. The van der Waals surface area contributed by atoms with Crippen molar-refractivity contribution in [3.63, 3.8) is 0 Å². The number of aromatic nitrogens is 1. The normalized spacial score (nSPS) is 15.8. The lowest BCUT2D eigenvalue weighted by molar-refractivity contribution is 0.0695. The van der Waals surface area contributed by atoms with Crippen molar-refractivity contribution in [1.29, 1.82) is 0 Å². The van der Waals surface area contributed by atoms with E-state index in [4.69, 9.17) is 0 Å². The number of hydrogen-bond acceptors (Lipinski definition) is 2. The van der Waals surface area contributed by atoms with E-state index in [1.54, 1.807) is 18.5 Å². The summed E-state index contributed by atoms with van der Waals surface area (Å²) < 4.78 is 0. The molecule has 0 spiro atoms. The Balaban J connectivity index is 1.55. The molecule has 0 amide bonds. The molecular weight excluding hydrogens is 346 g/mol. The number of fused-ring (bicyclic) bond motifs is 1. The van der Waals surface area contributed by atoms with Gasteiger partial charge in [-0.3, -0.25) is 4.98 Å². The maximum absolute atomic E-state index is 11.4. The first kappa shape index (κ1) is 18.4. The van der Waals surface area contributed by atoms with Crippen LogP contribution in [0.1, 0.15) is 57.8 Å². The van der Waals surface area contributed by atoms with Gasteiger partial charge in [-0.1, -0.05) is 48.0 Å². The first-order valence-electron chi connectivity index (χ1n) is 9.98. The number of rotatable bonds is 5. The Kier molecular flexibility index (Phi) is 5.25. The van der Waals surface area contributed by atoms with Gasteiger partial charge in [0.15, 0.2) is 0 Å². The SMILES string of the molecule is Cc1cccc(-c2ccc3c(c2)CCCC3CCc2cnccc2C(=O)O)c1. The van der Waals surface area contributed by atoms with Crippen LogP contribution in [0.2, 0.25) is 0 Å². The third-order valence-electron chi connectivity index (χ3n) is 5.83. The number of aryl methyl sites for hydroxylation is 3. The molecule has 1 heterocycles. The van der Waals surface area contributed by atoms with Gasteiger partial charge in [0.25, 0.3) is 0 Å². The van der Waals surface area contributed by atoms with Crippen molar-refractivity contribution >= 4 is 5.97 Å². The Morgan fingerprint density at radius 2 is 2.00 bits per heavy atom. The van der Waals surface area contributed by atoms with Gasteiger partial charge in [0.2, 0.25) is 0 Å². The molecule has 0 bridgehead atoms. The van der Waals surface area contributed by atoms with Crippen LogP contribution in [0.25, 0.3) is 11.1 Å². The molecule has 3 aromatic rings. The monoisotopic (exact) mass is 371 g/mol. The summed E-state index contributed by atoms with van der Waals surface area (Å²) in [6.45, 7) is 2.13. The third kappa shape index (κ3) is 3.84. The molecule has 28 heavy (non-hydrogen) atoms. The number of nitrogens with zero attached hydrogens (tertiary/aromatic N) is 1. The standard InChI is InChI=1S/C25H25NO2/c1-17-4-2-6-19(14-17)20-10-11-23-18(5-3-7-21(23)15-20)8-9-22-16-26-13-12-24(22)25(27)28/h2,4,6,10-16,18H,3,5,7-9H2,1H3,(H,27,28). The van der Waals surface area contributed by atoms with E-state index in [1.807, 2.05) is 0 Å². The summed E-state index contributed by atoms with van der Waals surface area (Å²) in [6, 6.07) is 17.1. The Hall–Kier alpha value is -2.94. The predicted molar refractivity (Wildman–Crippen MR) is 112 cm³/mol. The molecule has 1 aliphatic carbocycles. The van der Waals surface area contributed by atoms with Gasteiger partial charge in [0.1, 0.15) is 0 Å². The second kappa shape index (κ2) is 7.97. The van der Waals surface area contributed by atoms with E-state index in [2.05, 4.69) is 54.4 Å². The zero-order valence-corrected chi connectivity index (χ0v) is 16.2. The lowest BCUT2D eigenvalue weighted by atomic mass is 9.79. The second-order valence-electron chi connectivity index (χ2n) is 7.75. The fraction of sp³-hybridized carbons (Fsp3) is 0.280. The van der Waals surface area contributed by atoms with Crippen molar-refractivity contribution < 1.29 is 9.90 Å². The van der Waals surface area contributed by atoms with Gasteiger partial charge in [0, 0.05) is 12.4 Å². The van der Waals surface area contributed by atoms with E-state index in [0.29, 0.717) is 11.5 Å². The average Bonchev–Trinajstić information content (AvgIpc) is 2.72. The van der Waals surface area contributed by atoms with Crippen molar-refractivity contribution in [2.75, 3.05) is 0 Å². The Morgan fingerprint density at radius 1 is 1.14 bits per heavy atom. The highest BCUT2D eigenvalue weighted by Crippen LogP contribution is 2.37. The van der Waals surface area contributed by atoms with E-state index in [1.165, 1.54) is 40.7 Å². The molecule has 1 N–H and O–H groups in total. The van der Waals surface area contributed by atoms with Gasteiger partial charge < -0.3 is 5.11 Å². The Bertz CT molecular complexity index is 1010. The van der Waals surface area contributed by atoms with Crippen molar-refractivity contribution in [3.8, 4) is 11.1 Å². The summed E-state index contributed by atoms with van der Waals surface area (Å²) in [5.74, 6) is -0.388. The van der Waals surface area contributed by atoms with Crippen LogP contribution in [0.5, 0.6) is 0 Å². The molecule has 0 saturated carbocycles. The number of benzene rings is 2. The largest absolute Gasteiger partial charge is 0.478 e. The number of hydrogen-bond donors (Lipinski definition) is 1. The zero-order valence-electron chi connectivity index (χ0n) is 16.2. The minimum atomic E-state index is -0.871. The maximum Gasteiger partial charge on any atom is 0.336 e. The summed E-state index contributed by atoms with van der Waals surface area (Å²) in [4.78, 5) is 15.6. The highest BCUT2D eigenvalue weighted by molar-refractivity contribution is 5.89. The molecule has 3 heteroatoms. The summed E-state index contributed by atoms with van der Waals surface area (Å²) in [5, 5.41) is 9.39. The average molecular weight is 371 g/mol. The van der Waals surface area contributed by atoms with E-state index < -0.39 is 5.97 Å². The molecule has 0 aliphatic heterocycles. The fourth-order valence-electron chi connectivity index (χ4n) is 4.38. The lowest BCUT2D eigenvalue weighted by Gasteiger charge is -2.26. The minimum absolute atomic E-state index is 0.376. The summed E-state index contributed by atoms with van der Waals surface area (Å²) in [5.41, 5.74) is 7.91. The van der Waals surface area contributed by atoms with Crippen LogP contribution in [0.4, 0.5) is 0 Å². The molecule has 1 aliphatic rings. The molecule has 0 saturated heterocycles. The minimum Gasteiger partial charge on any atom is -0.478 e. The first-order valence-corrected chi connectivity index (χ1v) is 9.98. The predicted octanol–water partition coefficient (Wildman–Crippen LogP) is 5.81. The van der Waals surface area contributed by atoms with Crippen LogP contribution in [0, 0.1) is 6.92 Å². The first-order chi connectivity index (χ1) is 13.6. The third-order valence-corrected chi connectivity index (χ3v) is 5.83. The van der Waals surface area contributed by atoms with Gasteiger partial charge in [0.05, 0.1) is 5.56 Å². The lowest BCUT2D eigenvalue weighted by Crippen LogP contribution is -2.12. The zero-order chi connectivity index (χ0) is 19.5. The maximum atomic E-state index is 11.4. The van der Waals surface area contributed by atoms with Crippen molar-refractivity contribution in [3.05, 3.63) is 88.7 Å². The second-order valence-corrected chi connectivity index (χ2v) is 7.75. The van der Waals surface area contributed by atoms with Crippen LogP contribution in [-0.2, 0) is 12.8 Å². The summed E-state index contributed by atoms with van der Waals surface area (Å²) >= 11 is 0. The summed E-state index contributed by atoms with van der Waals surface area (Å²) in [6.07, 6.45) is 8.44. The van der Waals surface area contributed by atoms with Crippen LogP contribution >= 0.6 is 0 Å². The fourth-order valence-corrected chi connectivity index (χ4v) is 4.38. The van der Waals surface area contributed by atoms with Gasteiger partial charge in [-0.2, -0.15) is 0 Å². The number of carboxylic acid groups (broad SMARTS) is 1. The topological polar surface area (TPSA) is 50.2 Å². The van der Waals surface area contributed by atoms with E-state index in [0.717, 1.165) is 24.8 Å². The van der Waals surface area contributed by atoms with Gasteiger partial charge in [-0.05, 0) is 78.8 Å². The molecule has 1 aromatic heterocycles. The smallest absolute Gasteiger partial charge is 0.336 e. The van der Waals surface area contributed by atoms with E-state index in [-0.39, 0.29) is 0 Å². The molecule has 4 rings (SSSR count). The van der Waals surface area contributed by atoms with E-state index in [9.17, 15) is 9.90 Å². The number of aromatic carboxylic acids is 1. The molecule has 0 radical (unpaired) electrons. The van der Waals surface area contributed by atoms with Gasteiger partial charge >= 0.3 is 5.97 Å². The molecule has 142 valence electrons. The molecule has 1 atom stereocenters. The van der Waals surface area contributed by atoms with Crippen molar-refractivity contribution in [1.82, 2.24) is 4.98 Å². The van der Waals surface area contributed by atoms with Crippen LogP contribution in [0.15, 0.2) is 60.9 Å². The quantitative estimate of drug-likeness (QED) is 0.616. The van der Waals surface area contributed by atoms with Gasteiger partial charge in [-0.15, -0.1) is 0 Å². The van der Waals surface area contributed by atoms with E-state index >= 15 is 0 Å². The highest BCUT2D eigenvalue weighted by atomic mass is 16.4. The molecular formula is C25H25NO2. The Morgan fingerprint density at radius 3 is 2.82 bits per heavy atom. The van der Waals surface area contributed by atoms with Crippen molar-refractivity contribution in [2.45, 2.75) is 44.9 Å². The number of carbonyl (C=O) groups is 1. The highest BCUT2D eigenvalue weighted by Gasteiger charge is 2.21. The molecule has 1 unspecified atom stereocenters. The molecule has 3 nitrogen and oxygen atoms in total. The van der Waals surface area contributed by atoms with Crippen molar-refractivity contribution in [2.24, 2.45) is 0 Å². The van der Waals surface area contributed by atoms with Gasteiger partial charge in [-0.25, -0.2) is 4.79 Å². The molecule has 2 aromatic carbocycles.